The third-order valence-electron chi connectivity index (χ3n) is 10.7. The molecule has 4 aromatic carbocycles. The maximum atomic E-state index is 12.8. The van der Waals surface area contributed by atoms with Gasteiger partial charge in [0.2, 0.25) is 12.0 Å². The van der Waals surface area contributed by atoms with E-state index in [9.17, 15) is 70.9 Å². The van der Waals surface area contributed by atoms with Gasteiger partial charge < -0.3 is 94.4 Å². The fourth-order valence-electron chi connectivity index (χ4n) is 7.06. The quantitative estimate of drug-likeness (QED) is 0.0327. The van der Waals surface area contributed by atoms with E-state index >= 15 is 0 Å². The number of carbonyl (C=O) groups excluding carboxylic acids is 2. The number of benzene rings is 4. The summed E-state index contributed by atoms with van der Waals surface area (Å²) in [6, 6.07) is 14.8. The van der Waals surface area contributed by atoms with Crippen LogP contribution in [0.5, 0.6) is 51.7 Å². The number of aliphatic hydroxyl groups is 5. The molecule has 10 atom stereocenters. The fraction of sp³-hybridized carbons (Fsp3) is 0.283. The molecule has 22 heteroatoms. The van der Waals surface area contributed by atoms with Crippen molar-refractivity contribution in [2.75, 3.05) is 20.3 Å². The third kappa shape index (κ3) is 10.9. The van der Waals surface area contributed by atoms with Gasteiger partial charge in [0, 0.05) is 30.4 Å². The van der Waals surface area contributed by atoms with Crippen molar-refractivity contribution in [3.8, 4) is 63.1 Å². The minimum atomic E-state index is -2.09. The number of carbonyl (C=O) groups is 2. The monoisotopic (exact) mass is 949 g/mol. The average molecular weight is 950 g/mol. The van der Waals surface area contributed by atoms with Crippen LogP contribution in [0.15, 0.2) is 89.4 Å². The van der Waals surface area contributed by atoms with Crippen LogP contribution in [0.3, 0.4) is 0 Å². The first-order valence-corrected chi connectivity index (χ1v) is 20.4. The average Bonchev–Trinajstić information content (AvgIpc) is 3.31. The summed E-state index contributed by atoms with van der Waals surface area (Å²) in [5.41, 5.74) is 0.658. The van der Waals surface area contributed by atoms with Crippen LogP contribution in [-0.2, 0) is 33.3 Å². The van der Waals surface area contributed by atoms with E-state index in [4.69, 9.17) is 37.6 Å². The number of hydrogen-bond acceptors (Lipinski definition) is 21. The van der Waals surface area contributed by atoms with Crippen molar-refractivity contribution in [3.63, 3.8) is 0 Å². The predicted octanol–water partition coefficient (Wildman–Crippen LogP) is 1.86. The Morgan fingerprint density at radius 3 is 1.78 bits per heavy atom. The molecule has 0 bridgehead atoms. The molecular formula is C46H45O22+. The Balaban J connectivity index is 1.16. The van der Waals surface area contributed by atoms with Gasteiger partial charge in [-0.25, -0.2) is 14.0 Å². The van der Waals surface area contributed by atoms with Gasteiger partial charge in [0.15, 0.2) is 46.9 Å². The van der Waals surface area contributed by atoms with Crippen LogP contribution in [0.1, 0.15) is 11.1 Å². The second kappa shape index (κ2) is 20.6. The Kier molecular flexibility index (Phi) is 14.7. The minimum Gasteiger partial charge on any atom is -0.507 e. The molecule has 0 radical (unpaired) electrons. The van der Waals surface area contributed by atoms with Gasteiger partial charge in [0.25, 0.3) is 0 Å². The second-order valence-electron chi connectivity index (χ2n) is 15.4. The van der Waals surface area contributed by atoms with Crippen molar-refractivity contribution in [1.29, 1.82) is 0 Å². The highest BCUT2D eigenvalue weighted by Crippen LogP contribution is 2.43. The summed E-state index contributed by atoms with van der Waals surface area (Å²) in [6.45, 7) is -1.49. The van der Waals surface area contributed by atoms with Crippen molar-refractivity contribution in [2.24, 2.45) is 0 Å². The number of phenolic OH excluding ortho intramolecular Hbond substituents is 7. The number of fused-ring (bicyclic) bond motifs is 1. The van der Waals surface area contributed by atoms with E-state index in [1.54, 1.807) is 0 Å². The van der Waals surface area contributed by atoms with Crippen LogP contribution >= 0.6 is 0 Å². The Hall–Kier alpha value is -7.41. The number of aromatic hydroxyl groups is 7. The summed E-state index contributed by atoms with van der Waals surface area (Å²) >= 11 is 0. The Bertz CT molecular complexity index is 2700. The zero-order chi connectivity index (χ0) is 49.0. The maximum absolute atomic E-state index is 12.8. The van der Waals surface area contributed by atoms with Crippen LogP contribution in [0.2, 0.25) is 0 Å². The van der Waals surface area contributed by atoms with Crippen molar-refractivity contribution >= 4 is 35.1 Å². The third-order valence-corrected chi connectivity index (χ3v) is 10.7. The lowest BCUT2D eigenvalue weighted by Gasteiger charge is -2.45. The van der Waals surface area contributed by atoms with Crippen LogP contribution in [0, 0.1) is 0 Å². The normalized spacial score (nSPS) is 25.1. The molecule has 0 aliphatic carbocycles. The van der Waals surface area contributed by atoms with E-state index in [0.717, 1.165) is 36.4 Å². The van der Waals surface area contributed by atoms with E-state index in [1.807, 2.05) is 0 Å². The molecule has 68 heavy (non-hydrogen) atoms. The Labute approximate surface area is 383 Å². The lowest BCUT2D eigenvalue weighted by atomic mass is 9.97. The summed E-state index contributed by atoms with van der Waals surface area (Å²) in [4.78, 5) is 25.5. The molecule has 2 fully saturated rings. The maximum Gasteiger partial charge on any atom is 0.402 e. The topological polar surface area (TPSA) is 353 Å². The predicted molar refractivity (Wildman–Crippen MR) is 230 cm³/mol. The van der Waals surface area contributed by atoms with Gasteiger partial charge in [-0.15, -0.1) is 0 Å². The Morgan fingerprint density at radius 2 is 1.16 bits per heavy atom. The summed E-state index contributed by atoms with van der Waals surface area (Å²) in [5.74, 6) is -5.41. The molecule has 1 aromatic heterocycles. The molecular weight excluding hydrogens is 904 g/mol. The van der Waals surface area contributed by atoms with E-state index in [1.165, 1.54) is 67.8 Å². The largest absolute Gasteiger partial charge is 0.507 e. The molecule has 2 aliphatic rings. The molecule has 0 saturated carbocycles. The van der Waals surface area contributed by atoms with Crippen LogP contribution in [0.25, 0.3) is 34.4 Å². The first-order chi connectivity index (χ1) is 32.4. The second-order valence-corrected chi connectivity index (χ2v) is 15.4. The van der Waals surface area contributed by atoms with Crippen molar-refractivity contribution in [1.82, 2.24) is 0 Å². The smallest absolute Gasteiger partial charge is 0.402 e. The van der Waals surface area contributed by atoms with Crippen LogP contribution < -0.4 is 9.47 Å². The van der Waals surface area contributed by atoms with Gasteiger partial charge >= 0.3 is 23.3 Å². The number of hydrogen-bond donors (Lipinski definition) is 12. The SMILES string of the molecule is COc1cc(/C=C/C(=O)OC[C@H]2O[C@@H](O[C@H]3[C@H](Oc4cc5c(O)cc(O)cc5[o+]c4-c4ccc(O)c(O)c4)O[C@H](COC(=O)/C=C/c4ccc(O)c(O)c4)[C@@H](O)[C@@H]3O)[C@H](O)[C@@H](O)[C@@H]2O)ccc1O. The summed E-state index contributed by atoms with van der Waals surface area (Å²) in [5, 5.41) is 126. The molecule has 22 nitrogen and oxygen atoms in total. The number of phenols is 7. The summed E-state index contributed by atoms with van der Waals surface area (Å²) in [6.07, 6.45) is -14.6. The molecule has 0 spiro atoms. The van der Waals surface area contributed by atoms with Gasteiger partial charge in [-0.1, -0.05) is 12.1 Å². The lowest BCUT2D eigenvalue weighted by molar-refractivity contribution is -0.358. The van der Waals surface area contributed by atoms with Crippen molar-refractivity contribution < 1.29 is 108 Å². The zero-order valence-corrected chi connectivity index (χ0v) is 35.4. The van der Waals surface area contributed by atoms with Crippen molar-refractivity contribution in [3.05, 3.63) is 96.1 Å². The molecule has 12 N–H and O–H groups in total. The van der Waals surface area contributed by atoms with Gasteiger partial charge in [-0.3, -0.25) is 0 Å². The molecule has 2 aliphatic heterocycles. The summed E-state index contributed by atoms with van der Waals surface area (Å²) < 4.78 is 45.5. The number of ether oxygens (including phenoxy) is 7. The summed E-state index contributed by atoms with van der Waals surface area (Å²) in [7, 11) is 1.34. The molecule has 3 heterocycles. The molecule has 5 aromatic rings. The number of methoxy groups -OCH3 is 1. The van der Waals surface area contributed by atoms with Crippen molar-refractivity contribution in [2.45, 2.75) is 61.4 Å². The molecule has 0 amide bonds. The molecule has 360 valence electrons. The van der Waals surface area contributed by atoms with E-state index < -0.39 is 121 Å². The van der Waals surface area contributed by atoms with Crippen LogP contribution in [-0.4, -0.2) is 155 Å². The van der Waals surface area contributed by atoms with E-state index in [0.29, 0.717) is 11.1 Å². The molecule has 0 unspecified atom stereocenters. The first kappa shape index (κ1) is 48.5. The zero-order valence-electron chi connectivity index (χ0n) is 35.4. The highest BCUT2D eigenvalue weighted by molar-refractivity contribution is 5.89. The Morgan fingerprint density at radius 1 is 0.588 bits per heavy atom. The standard InChI is InChI=1S/C46H44O22/c1-61-32-13-21(3-8-27(32)50)5-11-37(55)62-18-34-38(56)40(58)42(60)45(66-34)68-44-41(59)39(57)35(19-63-36(54)10-4-20-2-7-25(48)29(52)12-20)67-46(44)65-33-17-24-28(51)15-23(47)16-31(24)64-43(33)22-6-9-26(49)30(53)14-22/h2-17,34-35,38-42,44-46,56-60H,18-19H2,1H3,(H6-,47,48,49,50,51,52,53,54,55)/p+1/t34-,35-,38-,39-,40+,41+,42-,44-,45+,46-/m1/s1. The number of aliphatic hydroxyl groups excluding tert-OH is 5. The van der Waals surface area contributed by atoms with Gasteiger partial charge in [0.1, 0.15) is 72.8 Å². The number of rotatable bonds is 14. The van der Waals surface area contributed by atoms with Gasteiger partial charge in [0.05, 0.1) is 18.7 Å². The molecule has 2 saturated heterocycles. The highest BCUT2D eigenvalue weighted by Gasteiger charge is 2.52. The minimum absolute atomic E-state index is 0.0336. The fourth-order valence-corrected chi connectivity index (χ4v) is 7.06. The van der Waals surface area contributed by atoms with E-state index in [-0.39, 0.29) is 39.5 Å². The lowest BCUT2D eigenvalue weighted by Crippen LogP contribution is -2.65. The number of esters is 2. The highest BCUT2D eigenvalue weighted by atomic mass is 16.8. The van der Waals surface area contributed by atoms with E-state index in [2.05, 4.69) is 0 Å². The van der Waals surface area contributed by atoms with Gasteiger partial charge in [-0.2, -0.15) is 0 Å². The van der Waals surface area contributed by atoms with Crippen LogP contribution in [0.4, 0.5) is 0 Å². The first-order valence-electron chi connectivity index (χ1n) is 20.4. The van der Waals surface area contributed by atoms with Gasteiger partial charge in [-0.05, 0) is 59.7 Å². The molecule has 7 rings (SSSR count).